The van der Waals surface area contributed by atoms with Gasteiger partial charge >= 0.3 is 0 Å². The van der Waals surface area contributed by atoms with E-state index in [0.717, 1.165) is 27.5 Å². The van der Waals surface area contributed by atoms with Gasteiger partial charge in [-0.05, 0) is 30.2 Å². The van der Waals surface area contributed by atoms with Crippen LogP contribution in [-0.4, -0.2) is 4.98 Å². The minimum atomic E-state index is 0.656. The summed E-state index contributed by atoms with van der Waals surface area (Å²) in [5.41, 5.74) is 8.12. The minimum Gasteiger partial charge on any atom is -0.375 e. The molecule has 0 amide bonds. The number of anilines is 1. The first-order valence-electron chi connectivity index (χ1n) is 5.28. The van der Waals surface area contributed by atoms with Crippen molar-refractivity contribution >= 4 is 48.3 Å². The van der Waals surface area contributed by atoms with Gasteiger partial charge in [0.05, 0.1) is 5.69 Å². The molecule has 5 heteroatoms. The predicted molar refractivity (Wildman–Crippen MR) is 80.6 cm³/mol. The number of hydrogen-bond acceptors (Lipinski definition) is 3. The number of halogens is 2. The zero-order valence-electron chi connectivity index (χ0n) is 9.34. The number of hydrogen-bond donors (Lipinski definition) is 1. The van der Waals surface area contributed by atoms with Crippen LogP contribution in [-0.2, 0) is 12.8 Å². The van der Waals surface area contributed by atoms with Crippen LogP contribution in [0.2, 0.25) is 0 Å². The molecule has 0 aliphatic heterocycles. The summed E-state index contributed by atoms with van der Waals surface area (Å²) >= 11 is 8.64. The van der Waals surface area contributed by atoms with Crippen LogP contribution in [0.3, 0.4) is 0 Å². The Morgan fingerprint density at radius 2 is 2.12 bits per heavy atom. The number of thiazole rings is 1. The van der Waals surface area contributed by atoms with Crippen molar-refractivity contribution in [3.8, 4) is 0 Å². The van der Waals surface area contributed by atoms with E-state index in [1.807, 2.05) is 6.07 Å². The lowest BCUT2D eigenvalue weighted by Gasteiger charge is -2.04. The van der Waals surface area contributed by atoms with Crippen molar-refractivity contribution in [3.05, 3.63) is 43.3 Å². The van der Waals surface area contributed by atoms with Crippen LogP contribution in [0.4, 0.5) is 5.13 Å². The topological polar surface area (TPSA) is 38.9 Å². The third kappa shape index (κ3) is 3.09. The van der Waals surface area contributed by atoms with E-state index in [1.54, 1.807) is 11.3 Å². The molecule has 0 radical (unpaired) electrons. The minimum absolute atomic E-state index is 0.656. The molecule has 1 aromatic heterocycles. The molecule has 2 N–H and O–H groups in total. The fourth-order valence-corrected chi connectivity index (χ4v) is 3.41. The summed E-state index contributed by atoms with van der Waals surface area (Å²) in [5.74, 6) is 0. The maximum Gasteiger partial charge on any atom is 0.180 e. The summed E-state index contributed by atoms with van der Waals surface area (Å²) in [6, 6.07) is 6.20. The lowest BCUT2D eigenvalue weighted by Crippen LogP contribution is -1.92. The van der Waals surface area contributed by atoms with Crippen LogP contribution in [0.5, 0.6) is 0 Å². The van der Waals surface area contributed by atoms with Gasteiger partial charge in [0, 0.05) is 20.2 Å². The lowest BCUT2D eigenvalue weighted by molar-refractivity contribution is 1.02. The third-order valence-corrected chi connectivity index (χ3v) is 4.68. The maximum atomic E-state index is 5.76. The van der Waals surface area contributed by atoms with Gasteiger partial charge in [0.15, 0.2) is 5.13 Å². The van der Waals surface area contributed by atoms with E-state index in [1.165, 1.54) is 10.4 Å². The summed E-state index contributed by atoms with van der Waals surface area (Å²) in [7, 11) is 0. The summed E-state index contributed by atoms with van der Waals surface area (Å²) < 4.78 is 2.21. The third-order valence-electron chi connectivity index (χ3n) is 2.49. The van der Waals surface area contributed by atoms with Crippen molar-refractivity contribution in [2.75, 3.05) is 5.73 Å². The van der Waals surface area contributed by atoms with E-state index >= 15 is 0 Å². The summed E-state index contributed by atoms with van der Waals surface area (Å²) in [5, 5.41) is 0.656. The molecule has 0 unspecified atom stereocenters. The molecule has 2 nitrogen and oxygen atoms in total. The second-order valence-electron chi connectivity index (χ2n) is 3.69. The van der Waals surface area contributed by atoms with E-state index in [-0.39, 0.29) is 0 Å². The Labute approximate surface area is 122 Å². The highest BCUT2D eigenvalue weighted by molar-refractivity contribution is 9.11. The molecule has 1 aromatic carbocycles. The van der Waals surface area contributed by atoms with Gasteiger partial charge in [-0.3, -0.25) is 0 Å². The summed E-state index contributed by atoms with van der Waals surface area (Å²) in [4.78, 5) is 5.60. The lowest BCUT2D eigenvalue weighted by atomic mass is 10.1. The van der Waals surface area contributed by atoms with Gasteiger partial charge in [0.1, 0.15) is 0 Å². The van der Waals surface area contributed by atoms with E-state index in [0.29, 0.717) is 5.13 Å². The second-order valence-corrected chi connectivity index (χ2v) is 6.57. The molecule has 0 saturated heterocycles. The van der Waals surface area contributed by atoms with Gasteiger partial charge in [0.25, 0.3) is 0 Å². The van der Waals surface area contributed by atoms with Crippen LogP contribution >= 0.6 is 43.2 Å². The average molecular weight is 376 g/mol. The number of aromatic nitrogens is 1. The highest BCUT2D eigenvalue weighted by Gasteiger charge is 2.10. The molecule has 0 saturated carbocycles. The van der Waals surface area contributed by atoms with Gasteiger partial charge in [-0.25, -0.2) is 4.98 Å². The number of benzene rings is 1. The van der Waals surface area contributed by atoms with Crippen LogP contribution in [0.1, 0.15) is 23.1 Å². The molecule has 0 aliphatic rings. The van der Waals surface area contributed by atoms with Gasteiger partial charge in [-0.2, -0.15) is 0 Å². The van der Waals surface area contributed by atoms with E-state index < -0.39 is 0 Å². The van der Waals surface area contributed by atoms with Gasteiger partial charge in [-0.1, -0.05) is 38.8 Å². The number of aryl methyl sites for hydroxylation is 1. The zero-order valence-corrected chi connectivity index (χ0v) is 13.3. The Balaban J connectivity index is 2.33. The monoisotopic (exact) mass is 374 g/mol. The molecular weight excluding hydrogens is 364 g/mol. The molecule has 0 aliphatic carbocycles. The first kappa shape index (κ1) is 13.1. The summed E-state index contributed by atoms with van der Waals surface area (Å²) in [6.07, 6.45) is 1.80. The standard InChI is InChI=1S/C12H12Br2N2S/c1-2-10-11(17-12(15)16-10)6-7-5-8(13)3-4-9(7)14/h3-5H,2,6H2,1H3,(H2,15,16). The van der Waals surface area contributed by atoms with Crippen LogP contribution in [0.15, 0.2) is 27.1 Å². The molecule has 2 rings (SSSR count). The number of nitrogens with two attached hydrogens (primary N) is 1. The highest BCUT2D eigenvalue weighted by Crippen LogP contribution is 2.28. The van der Waals surface area contributed by atoms with Crippen molar-refractivity contribution in [1.82, 2.24) is 4.98 Å². The first-order chi connectivity index (χ1) is 8.10. The van der Waals surface area contributed by atoms with E-state index in [9.17, 15) is 0 Å². The van der Waals surface area contributed by atoms with Crippen LogP contribution in [0, 0.1) is 0 Å². The van der Waals surface area contributed by atoms with Crippen molar-refractivity contribution in [2.45, 2.75) is 19.8 Å². The molecule has 0 spiro atoms. The van der Waals surface area contributed by atoms with Gasteiger partial charge in [0.2, 0.25) is 0 Å². The normalized spacial score (nSPS) is 10.8. The van der Waals surface area contributed by atoms with Crippen molar-refractivity contribution in [1.29, 1.82) is 0 Å². The Bertz CT molecular complexity index is 537. The van der Waals surface area contributed by atoms with E-state index in [2.05, 4.69) is 55.9 Å². The number of rotatable bonds is 3. The van der Waals surface area contributed by atoms with Crippen LogP contribution in [0.25, 0.3) is 0 Å². The fourth-order valence-electron chi connectivity index (χ4n) is 1.67. The largest absolute Gasteiger partial charge is 0.375 e. The first-order valence-corrected chi connectivity index (χ1v) is 7.68. The molecule has 17 heavy (non-hydrogen) atoms. The van der Waals surface area contributed by atoms with Crippen molar-refractivity contribution in [2.24, 2.45) is 0 Å². The van der Waals surface area contributed by atoms with Crippen molar-refractivity contribution < 1.29 is 0 Å². The average Bonchev–Trinajstić information content (AvgIpc) is 2.64. The maximum absolute atomic E-state index is 5.76. The SMILES string of the molecule is CCc1nc(N)sc1Cc1cc(Br)ccc1Br. The predicted octanol–water partition coefficient (Wildman–Crippen LogP) is 4.40. The number of nitrogens with zero attached hydrogens (tertiary/aromatic N) is 1. The molecule has 2 aromatic rings. The van der Waals surface area contributed by atoms with Gasteiger partial charge < -0.3 is 5.73 Å². The molecular formula is C12H12Br2N2S. The Kier molecular flexibility index (Phi) is 4.22. The smallest absolute Gasteiger partial charge is 0.180 e. The highest BCUT2D eigenvalue weighted by atomic mass is 79.9. The van der Waals surface area contributed by atoms with E-state index in [4.69, 9.17) is 5.73 Å². The zero-order chi connectivity index (χ0) is 12.4. The molecule has 90 valence electrons. The second kappa shape index (κ2) is 5.50. The molecule has 1 heterocycles. The number of nitrogen functional groups attached to an aromatic ring is 1. The quantitative estimate of drug-likeness (QED) is 0.863. The molecule has 0 bridgehead atoms. The fraction of sp³-hybridized carbons (Fsp3) is 0.250. The Morgan fingerprint density at radius 3 is 2.82 bits per heavy atom. The summed E-state index contributed by atoms with van der Waals surface area (Å²) in [6.45, 7) is 2.11. The molecule has 0 atom stereocenters. The Morgan fingerprint density at radius 1 is 1.35 bits per heavy atom. The van der Waals surface area contributed by atoms with Gasteiger partial charge in [-0.15, -0.1) is 11.3 Å². The Hall–Kier alpha value is -0.390. The van der Waals surface area contributed by atoms with Crippen molar-refractivity contribution in [3.63, 3.8) is 0 Å². The van der Waals surface area contributed by atoms with Crippen LogP contribution < -0.4 is 5.73 Å². The molecule has 0 fully saturated rings.